The van der Waals surface area contributed by atoms with Gasteiger partial charge >= 0.3 is 0 Å². The smallest absolute Gasteiger partial charge is 0.152 e. The summed E-state index contributed by atoms with van der Waals surface area (Å²) in [6.45, 7) is 3.98. The number of nitrogens with zero attached hydrogens (tertiary/aromatic N) is 2. The average Bonchev–Trinajstić information content (AvgIpc) is 2.47. The second-order valence-corrected chi connectivity index (χ2v) is 4.47. The van der Waals surface area contributed by atoms with Crippen LogP contribution in [0.25, 0.3) is 0 Å². The van der Waals surface area contributed by atoms with E-state index in [9.17, 15) is 0 Å². The van der Waals surface area contributed by atoms with Crippen molar-refractivity contribution >= 4 is 11.3 Å². The van der Waals surface area contributed by atoms with E-state index >= 15 is 0 Å². The Morgan fingerprint density at radius 2 is 2.46 bits per heavy atom. The van der Waals surface area contributed by atoms with Crippen LogP contribution in [0.1, 0.15) is 10.6 Å². The van der Waals surface area contributed by atoms with Crippen LogP contribution in [0.4, 0.5) is 0 Å². The fraction of sp³-hybridized carbons (Fsp3) is 0.667. The minimum absolute atomic E-state index is 0.648. The second kappa shape index (κ2) is 3.04. The van der Waals surface area contributed by atoms with Gasteiger partial charge in [-0.3, -0.25) is 4.90 Å². The first-order chi connectivity index (χ1) is 6.43. The lowest BCUT2D eigenvalue weighted by Gasteiger charge is -2.38. The highest BCUT2D eigenvalue weighted by molar-refractivity contribution is 7.09. The van der Waals surface area contributed by atoms with Gasteiger partial charge in [0.1, 0.15) is 0 Å². The topological polar surface area (TPSA) is 25.4 Å². The van der Waals surface area contributed by atoms with E-state index in [4.69, 9.17) is 4.74 Å². The summed E-state index contributed by atoms with van der Waals surface area (Å²) in [5, 5.41) is 0. The van der Waals surface area contributed by atoms with E-state index < -0.39 is 0 Å². The molecule has 0 aliphatic carbocycles. The van der Waals surface area contributed by atoms with Gasteiger partial charge in [-0.2, -0.15) is 0 Å². The molecule has 0 atom stereocenters. The molecule has 1 aromatic heterocycles. The Balaban J connectivity index is 1.76. The molecular formula is C9H11N2OS. The molecule has 2 aliphatic heterocycles. The number of thiazole rings is 1. The quantitative estimate of drug-likeness (QED) is 0.659. The third kappa shape index (κ3) is 1.29. The molecule has 0 aromatic carbocycles. The first-order valence-electron chi connectivity index (χ1n) is 4.60. The Morgan fingerprint density at radius 3 is 3.23 bits per heavy atom. The van der Waals surface area contributed by atoms with Crippen LogP contribution in [0.2, 0.25) is 0 Å². The maximum Gasteiger partial charge on any atom is 0.152 e. The molecule has 0 bridgehead atoms. The van der Waals surface area contributed by atoms with E-state index in [-0.39, 0.29) is 0 Å². The molecule has 0 N–H and O–H groups in total. The Morgan fingerprint density at radius 1 is 1.54 bits per heavy atom. The Labute approximate surface area is 81.3 Å². The van der Waals surface area contributed by atoms with Crippen LogP contribution in [0, 0.1) is 5.51 Å². The van der Waals surface area contributed by atoms with Crippen molar-refractivity contribution in [1.82, 2.24) is 9.88 Å². The summed E-state index contributed by atoms with van der Waals surface area (Å²) >= 11 is 1.67. The maximum atomic E-state index is 5.19. The Hall–Kier alpha value is -0.450. The number of ether oxygens (including phenoxy) is 1. The van der Waals surface area contributed by atoms with Crippen LogP contribution in [-0.4, -0.2) is 35.7 Å². The van der Waals surface area contributed by atoms with Gasteiger partial charge in [-0.15, -0.1) is 11.3 Å². The fourth-order valence-corrected chi connectivity index (χ4v) is 2.52. The van der Waals surface area contributed by atoms with Crippen LogP contribution in [0.5, 0.6) is 0 Å². The summed E-state index contributed by atoms with van der Waals surface area (Å²) in [7, 11) is 0. The standard InChI is InChI=1S/C9H11N2OS/c1-2-11(7-4-12-5-7)3-8-9(1)13-6-10-8/h7H,1-5H2. The lowest BCUT2D eigenvalue weighted by molar-refractivity contribution is -0.0697. The zero-order valence-corrected chi connectivity index (χ0v) is 8.14. The molecule has 13 heavy (non-hydrogen) atoms. The van der Waals surface area contributed by atoms with Crippen LogP contribution < -0.4 is 0 Å². The Kier molecular flexibility index (Phi) is 1.85. The summed E-state index contributed by atoms with van der Waals surface area (Å²) in [6.07, 6.45) is 1.15. The molecule has 1 saturated heterocycles. The third-order valence-electron chi connectivity index (χ3n) is 2.79. The van der Waals surface area contributed by atoms with Crippen molar-refractivity contribution in [2.75, 3.05) is 19.8 Å². The SMILES string of the molecule is [c]1nc2c(s1)CCN(C1COC1)C2. The van der Waals surface area contributed by atoms with E-state index in [1.54, 1.807) is 11.3 Å². The molecule has 3 rings (SSSR count). The van der Waals surface area contributed by atoms with Crippen LogP contribution in [0.15, 0.2) is 0 Å². The molecule has 0 unspecified atom stereocenters. The van der Waals surface area contributed by atoms with Gasteiger partial charge in [-0.25, -0.2) is 4.98 Å². The van der Waals surface area contributed by atoms with Gasteiger partial charge in [0.15, 0.2) is 5.51 Å². The molecule has 1 aromatic rings. The van der Waals surface area contributed by atoms with Gasteiger partial charge in [0.25, 0.3) is 0 Å². The van der Waals surface area contributed by atoms with Crippen LogP contribution >= 0.6 is 11.3 Å². The minimum Gasteiger partial charge on any atom is -0.378 e. The van der Waals surface area contributed by atoms with Gasteiger partial charge in [0, 0.05) is 18.0 Å². The summed E-state index contributed by atoms with van der Waals surface area (Å²) in [6, 6.07) is 0.648. The highest BCUT2D eigenvalue weighted by Crippen LogP contribution is 2.24. The molecule has 1 fully saturated rings. The van der Waals surface area contributed by atoms with Crippen LogP contribution in [0.3, 0.4) is 0 Å². The summed E-state index contributed by atoms with van der Waals surface area (Å²) in [5.41, 5.74) is 4.21. The summed E-state index contributed by atoms with van der Waals surface area (Å²) in [5.74, 6) is 0. The van der Waals surface area contributed by atoms with Crippen molar-refractivity contribution in [3.05, 3.63) is 16.1 Å². The number of hydrogen-bond acceptors (Lipinski definition) is 4. The monoisotopic (exact) mass is 195 g/mol. The number of fused-ring (bicyclic) bond motifs is 1. The summed E-state index contributed by atoms with van der Waals surface area (Å²) < 4.78 is 5.19. The van der Waals surface area contributed by atoms with E-state index in [1.807, 2.05) is 0 Å². The van der Waals surface area contributed by atoms with E-state index in [2.05, 4.69) is 15.4 Å². The normalized spacial score (nSPS) is 24.0. The highest BCUT2D eigenvalue weighted by Gasteiger charge is 2.29. The number of hydrogen-bond donors (Lipinski definition) is 0. The van der Waals surface area contributed by atoms with Gasteiger partial charge < -0.3 is 4.74 Å². The van der Waals surface area contributed by atoms with Gasteiger partial charge in [-0.1, -0.05) is 0 Å². The van der Waals surface area contributed by atoms with Gasteiger partial charge in [0.05, 0.1) is 24.9 Å². The molecular weight excluding hydrogens is 184 g/mol. The van der Waals surface area contributed by atoms with Crippen molar-refractivity contribution < 1.29 is 4.74 Å². The predicted octanol–water partition coefficient (Wildman–Crippen LogP) is 0.700. The first-order valence-corrected chi connectivity index (χ1v) is 5.41. The van der Waals surface area contributed by atoms with E-state index in [0.29, 0.717) is 6.04 Å². The molecule has 3 nitrogen and oxygen atoms in total. The Bertz CT molecular complexity index is 308. The average molecular weight is 195 g/mol. The number of aromatic nitrogens is 1. The van der Waals surface area contributed by atoms with Gasteiger partial charge in [0.2, 0.25) is 0 Å². The highest BCUT2D eigenvalue weighted by atomic mass is 32.1. The predicted molar refractivity (Wildman–Crippen MR) is 49.7 cm³/mol. The zero-order chi connectivity index (χ0) is 8.67. The third-order valence-corrected chi connectivity index (χ3v) is 3.66. The van der Waals surface area contributed by atoms with Crippen molar-refractivity contribution in [3.63, 3.8) is 0 Å². The van der Waals surface area contributed by atoms with Crippen molar-refractivity contribution in [2.45, 2.75) is 19.0 Å². The van der Waals surface area contributed by atoms with E-state index in [0.717, 1.165) is 32.7 Å². The van der Waals surface area contributed by atoms with Crippen molar-refractivity contribution in [3.8, 4) is 0 Å². The molecule has 0 amide bonds. The van der Waals surface area contributed by atoms with Crippen molar-refractivity contribution in [1.29, 1.82) is 0 Å². The first kappa shape index (κ1) is 7.91. The summed E-state index contributed by atoms with van der Waals surface area (Å²) in [4.78, 5) is 8.16. The second-order valence-electron chi connectivity index (χ2n) is 3.59. The fourth-order valence-electron chi connectivity index (χ4n) is 1.84. The maximum absolute atomic E-state index is 5.19. The molecule has 3 heterocycles. The zero-order valence-electron chi connectivity index (χ0n) is 7.32. The number of rotatable bonds is 1. The molecule has 4 heteroatoms. The van der Waals surface area contributed by atoms with Crippen molar-refractivity contribution in [2.24, 2.45) is 0 Å². The van der Waals surface area contributed by atoms with E-state index in [1.165, 1.54) is 10.6 Å². The molecule has 0 spiro atoms. The molecule has 69 valence electrons. The lowest BCUT2D eigenvalue weighted by Crippen LogP contribution is -2.50. The van der Waals surface area contributed by atoms with Gasteiger partial charge in [-0.05, 0) is 6.42 Å². The largest absolute Gasteiger partial charge is 0.378 e. The molecule has 0 saturated carbocycles. The molecule has 1 radical (unpaired) electrons. The minimum atomic E-state index is 0.648. The molecule has 2 aliphatic rings. The lowest BCUT2D eigenvalue weighted by atomic mass is 10.1. The van der Waals surface area contributed by atoms with Crippen LogP contribution in [-0.2, 0) is 17.7 Å².